The highest BCUT2D eigenvalue weighted by Crippen LogP contribution is 2.35. The van der Waals surface area contributed by atoms with Crippen molar-refractivity contribution in [1.29, 1.82) is 0 Å². The van der Waals surface area contributed by atoms with E-state index < -0.39 is 18.1 Å². The minimum absolute atomic E-state index is 0.339. The van der Waals surface area contributed by atoms with E-state index in [0.717, 1.165) is 29.7 Å². The van der Waals surface area contributed by atoms with E-state index in [0.29, 0.717) is 24.3 Å². The Balaban J connectivity index is 1.59. The second kappa shape index (κ2) is 11.0. The van der Waals surface area contributed by atoms with Gasteiger partial charge in [-0.2, -0.15) is 0 Å². The number of rotatable bonds is 9. The van der Waals surface area contributed by atoms with Crippen LogP contribution >= 0.6 is 0 Å². The molecule has 0 spiro atoms. The fraction of sp³-hybridized carbons (Fsp3) is 0.250. The molecule has 0 saturated heterocycles. The van der Waals surface area contributed by atoms with Crippen LogP contribution in [0.1, 0.15) is 49.5 Å². The summed E-state index contributed by atoms with van der Waals surface area (Å²) in [5, 5.41) is 3.33. The summed E-state index contributed by atoms with van der Waals surface area (Å²) < 4.78 is 38.2. The number of esters is 1. The smallest absolute Gasteiger partial charge is 0.336 e. The van der Waals surface area contributed by atoms with Gasteiger partial charge < -0.3 is 14.8 Å². The standard InChI is InChI=1S/C28H27F2NO3/c1-2-3-18-33-24-14-6-20(7-15-24)27(31-23-12-10-22(30)11-13-23)25-16-17-26(34-28(25)32)19-4-8-21(29)9-5-19/h4-16,26-27,31H,2-3,17-18H2,1H3/t26-,27+/m0/s1. The summed E-state index contributed by atoms with van der Waals surface area (Å²) in [4.78, 5) is 13.1. The van der Waals surface area contributed by atoms with E-state index >= 15 is 0 Å². The zero-order valence-electron chi connectivity index (χ0n) is 19.0. The number of nitrogens with one attached hydrogen (secondary N) is 1. The van der Waals surface area contributed by atoms with E-state index in [1.807, 2.05) is 30.3 Å². The van der Waals surface area contributed by atoms with Crippen molar-refractivity contribution >= 4 is 11.7 Å². The number of anilines is 1. The van der Waals surface area contributed by atoms with Crippen molar-refractivity contribution < 1.29 is 23.0 Å². The van der Waals surface area contributed by atoms with Gasteiger partial charge >= 0.3 is 5.97 Å². The number of unbranched alkanes of at least 4 members (excludes halogenated alkanes) is 1. The quantitative estimate of drug-likeness (QED) is 0.277. The Morgan fingerprint density at radius 1 is 0.971 bits per heavy atom. The molecule has 1 aliphatic rings. The molecule has 0 unspecified atom stereocenters. The van der Waals surface area contributed by atoms with Gasteiger partial charge in [-0.1, -0.05) is 43.7 Å². The molecule has 4 nitrogen and oxygen atoms in total. The van der Waals surface area contributed by atoms with Gasteiger partial charge in [-0.05, 0) is 66.1 Å². The molecule has 176 valence electrons. The summed E-state index contributed by atoms with van der Waals surface area (Å²) in [5.41, 5.74) is 2.71. The fourth-order valence-corrected chi connectivity index (χ4v) is 3.82. The van der Waals surface area contributed by atoms with Crippen molar-refractivity contribution in [2.24, 2.45) is 0 Å². The van der Waals surface area contributed by atoms with E-state index in [4.69, 9.17) is 9.47 Å². The van der Waals surface area contributed by atoms with Gasteiger partial charge in [-0.25, -0.2) is 13.6 Å². The van der Waals surface area contributed by atoms with Crippen molar-refractivity contribution in [3.05, 3.63) is 107 Å². The molecule has 1 N–H and O–H groups in total. The Morgan fingerprint density at radius 2 is 1.62 bits per heavy atom. The molecule has 34 heavy (non-hydrogen) atoms. The first-order valence-electron chi connectivity index (χ1n) is 11.4. The van der Waals surface area contributed by atoms with Gasteiger partial charge in [0.2, 0.25) is 0 Å². The molecule has 0 saturated carbocycles. The van der Waals surface area contributed by atoms with Crippen molar-refractivity contribution in [3.63, 3.8) is 0 Å². The summed E-state index contributed by atoms with van der Waals surface area (Å²) in [6, 6.07) is 19.0. The van der Waals surface area contributed by atoms with Crippen LogP contribution in [0.2, 0.25) is 0 Å². The molecule has 0 aromatic heterocycles. The average Bonchev–Trinajstić information content (AvgIpc) is 2.85. The Bertz CT molecular complexity index is 1130. The molecule has 3 aromatic rings. The van der Waals surface area contributed by atoms with Gasteiger partial charge in [0.05, 0.1) is 18.2 Å². The SMILES string of the molecule is CCCCOc1ccc([C@@H](Nc2ccc(F)cc2)C2=CC[C@@H](c3ccc(F)cc3)OC2=O)cc1. The number of cyclic esters (lactones) is 1. The molecule has 2 atom stereocenters. The van der Waals surface area contributed by atoms with Crippen LogP contribution in [0.25, 0.3) is 0 Å². The third-order valence-corrected chi connectivity index (χ3v) is 5.72. The Hall–Kier alpha value is -3.67. The minimum atomic E-state index is -0.503. The number of carbonyl (C=O) groups excluding carboxylic acids is 1. The van der Waals surface area contributed by atoms with Crippen molar-refractivity contribution in [2.75, 3.05) is 11.9 Å². The first-order chi connectivity index (χ1) is 16.5. The predicted molar refractivity (Wildman–Crippen MR) is 128 cm³/mol. The molecule has 4 rings (SSSR count). The van der Waals surface area contributed by atoms with Crippen LogP contribution in [0.3, 0.4) is 0 Å². The molecule has 1 heterocycles. The third kappa shape index (κ3) is 5.81. The normalized spacial score (nSPS) is 16.4. The second-order valence-corrected chi connectivity index (χ2v) is 8.20. The molecule has 0 bridgehead atoms. The lowest BCUT2D eigenvalue weighted by atomic mass is 9.93. The summed E-state index contributed by atoms with van der Waals surface area (Å²) in [6.07, 6.45) is 3.87. The average molecular weight is 464 g/mol. The first kappa shape index (κ1) is 23.5. The highest BCUT2D eigenvalue weighted by Gasteiger charge is 2.30. The lowest BCUT2D eigenvalue weighted by Gasteiger charge is -2.28. The van der Waals surface area contributed by atoms with Crippen molar-refractivity contribution in [3.8, 4) is 5.75 Å². The Kier molecular flexibility index (Phi) is 7.58. The van der Waals surface area contributed by atoms with E-state index in [9.17, 15) is 13.6 Å². The van der Waals surface area contributed by atoms with Gasteiger partial charge in [-0.15, -0.1) is 0 Å². The highest BCUT2D eigenvalue weighted by atomic mass is 19.1. The van der Waals surface area contributed by atoms with Crippen LogP contribution in [0.15, 0.2) is 84.4 Å². The number of ether oxygens (including phenoxy) is 2. The summed E-state index contributed by atoms with van der Waals surface area (Å²) in [5.74, 6) is -0.375. The fourth-order valence-electron chi connectivity index (χ4n) is 3.82. The van der Waals surface area contributed by atoms with Gasteiger partial charge in [0.25, 0.3) is 0 Å². The molecule has 3 aromatic carbocycles. The Labute approximate surface area is 198 Å². The molecule has 1 aliphatic heterocycles. The Morgan fingerprint density at radius 3 is 2.24 bits per heavy atom. The molecule has 0 radical (unpaired) electrons. The minimum Gasteiger partial charge on any atom is -0.494 e. The van der Waals surface area contributed by atoms with Crippen LogP contribution in [0.5, 0.6) is 5.75 Å². The molecular weight excluding hydrogens is 436 g/mol. The maximum absolute atomic E-state index is 13.4. The zero-order valence-corrected chi connectivity index (χ0v) is 19.0. The number of hydrogen-bond acceptors (Lipinski definition) is 4. The van der Waals surface area contributed by atoms with Gasteiger partial charge in [0.1, 0.15) is 23.5 Å². The summed E-state index contributed by atoms with van der Waals surface area (Å²) in [6.45, 7) is 2.76. The van der Waals surface area contributed by atoms with Crippen LogP contribution in [-0.2, 0) is 9.53 Å². The number of carbonyl (C=O) groups is 1. The number of benzene rings is 3. The summed E-state index contributed by atoms with van der Waals surface area (Å²) >= 11 is 0. The topological polar surface area (TPSA) is 47.6 Å². The largest absolute Gasteiger partial charge is 0.494 e. The van der Waals surface area contributed by atoms with Crippen LogP contribution in [0.4, 0.5) is 14.5 Å². The molecule has 6 heteroatoms. The van der Waals surface area contributed by atoms with Crippen molar-refractivity contribution in [1.82, 2.24) is 0 Å². The molecule has 0 fully saturated rings. The van der Waals surface area contributed by atoms with Crippen LogP contribution < -0.4 is 10.1 Å². The van der Waals surface area contributed by atoms with E-state index in [2.05, 4.69) is 12.2 Å². The lowest BCUT2D eigenvalue weighted by molar-refractivity contribution is -0.146. The van der Waals surface area contributed by atoms with Crippen LogP contribution in [-0.4, -0.2) is 12.6 Å². The molecular formula is C28H27F2NO3. The van der Waals surface area contributed by atoms with E-state index in [-0.39, 0.29) is 11.6 Å². The van der Waals surface area contributed by atoms with E-state index in [1.165, 1.54) is 24.3 Å². The van der Waals surface area contributed by atoms with Crippen molar-refractivity contribution in [2.45, 2.75) is 38.3 Å². The monoisotopic (exact) mass is 463 g/mol. The lowest BCUT2D eigenvalue weighted by Crippen LogP contribution is -2.25. The molecule has 0 amide bonds. The predicted octanol–water partition coefficient (Wildman–Crippen LogP) is 6.91. The highest BCUT2D eigenvalue weighted by molar-refractivity contribution is 5.92. The third-order valence-electron chi connectivity index (χ3n) is 5.72. The zero-order chi connectivity index (χ0) is 23.9. The number of hydrogen-bond donors (Lipinski definition) is 1. The van der Waals surface area contributed by atoms with Gasteiger partial charge in [0.15, 0.2) is 0 Å². The summed E-state index contributed by atoms with van der Waals surface area (Å²) in [7, 11) is 0. The van der Waals surface area contributed by atoms with Gasteiger partial charge in [-0.3, -0.25) is 0 Å². The maximum Gasteiger partial charge on any atom is 0.336 e. The van der Waals surface area contributed by atoms with Crippen LogP contribution in [0, 0.1) is 11.6 Å². The molecule has 0 aliphatic carbocycles. The number of halogens is 2. The van der Waals surface area contributed by atoms with E-state index in [1.54, 1.807) is 24.3 Å². The maximum atomic E-state index is 13.4. The second-order valence-electron chi connectivity index (χ2n) is 8.20. The first-order valence-corrected chi connectivity index (χ1v) is 11.4. The van der Waals surface area contributed by atoms with Gasteiger partial charge in [0, 0.05) is 12.1 Å².